The zero-order valence-corrected chi connectivity index (χ0v) is 16.6. The molecule has 0 radical (unpaired) electrons. The van der Waals surface area contributed by atoms with E-state index < -0.39 is 17.1 Å². The van der Waals surface area contributed by atoms with Crippen molar-refractivity contribution in [2.24, 2.45) is 0 Å². The van der Waals surface area contributed by atoms with E-state index in [1.807, 2.05) is 0 Å². The van der Waals surface area contributed by atoms with Gasteiger partial charge in [-0.05, 0) is 64.9 Å². The second kappa shape index (κ2) is 7.69. The van der Waals surface area contributed by atoms with Crippen LogP contribution < -0.4 is 5.32 Å². The molecule has 2 aromatic rings. The first-order valence-corrected chi connectivity index (χ1v) is 9.39. The quantitative estimate of drug-likeness (QED) is 0.677. The standard InChI is InChI=1S/C17H12BrClN2O4S/c1-9-2-4-11(25-9)7-14-16(23)21(17(24)26-14)8-15(22)20-10-3-5-12(18)13(19)6-10/h2-7H,8H2,1H3,(H,20,22)/b14-7+. The summed E-state index contributed by atoms with van der Waals surface area (Å²) in [5.74, 6) is 0.142. The maximum atomic E-state index is 12.4. The summed E-state index contributed by atoms with van der Waals surface area (Å²) in [6.07, 6.45) is 1.49. The SMILES string of the molecule is Cc1ccc(/C=C2/SC(=O)N(CC(=O)Nc3ccc(Br)c(Cl)c3)C2=O)o1. The third-order valence-corrected chi connectivity index (χ3v) is 5.55. The van der Waals surface area contributed by atoms with Crippen molar-refractivity contribution >= 4 is 68.1 Å². The predicted octanol–water partition coefficient (Wildman–Crippen LogP) is 4.68. The van der Waals surface area contributed by atoms with Gasteiger partial charge in [-0.15, -0.1) is 0 Å². The zero-order chi connectivity index (χ0) is 18.8. The lowest BCUT2D eigenvalue weighted by Gasteiger charge is -2.12. The molecule has 1 aromatic heterocycles. The molecule has 6 nitrogen and oxygen atoms in total. The minimum Gasteiger partial charge on any atom is -0.462 e. The molecular weight excluding hydrogens is 444 g/mol. The Morgan fingerprint density at radius 1 is 1.35 bits per heavy atom. The Labute approximate surface area is 166 Å². The van der Waals surface area contributed by atoms with E-state index in [2.05, 4.69) is 21.2 Å². The van der Waals surface area contributed by atoms with Crippen LogP contribution in [0.2, 0.25) is 5.02 Å². The van der Waals surface area contributed by atoms with Gasteiger partial charge in [0.1, 0.15) is 18.1 Å². The summed E-state index contributed by atoms with van der Waals surface area (Å²) in [6, 6.07) is 8.36. The summed E-state index contributed by atoms with van der Waals surface area (Å²) in [5.41, 5.74) is 0.469. The first kappa shape index (κ1) is 18.8. The highest BCUT2D eigenvalue weighted by Crippen LogP contribution is 2.32. The van der Waals surface area contributed by atoms with Gasteiger partial charge in [0.2, 0.25) is 5.91 Å². The molecule has 1 aromatic carbocycles. The van der Waals surface area contributed by atoms with Crippen LogP contribution in [0.15, 0.2) is 44.1 Å². The van der Waals surface area contributed by atoms with Crippen molar-refractivity contribution < 1.29 is 18.8 Å². The minimum atomic E-state index is -0.530. The van der Waals surface area contributed by atoms with Crippen LogP contribution in [0, 0.1) is 6.92 Å². The molecule has 1 saturated heterocycles. The second-order valence-corrected chi connectivity index (χ2v) is 7.65. The van der Waals surface area contributed by atoms with Crippen LogP contribution in [0.1, 0.15) is 11.5 Å². The van der Waals surface area contributed by atoms with E-state index >= 15 is 0 Å². The summed E-state index contributed by atoms with van der Waals surface area (Å²) < 4.78 is 6.07. The number of amides is 3. The zero-order valence-electron chi connectivity index (χ0n) is 13.4. The van der Waals surface area contributed by atoms with E-state index in [-0.39, 0.29) is 11.4 Å². The van der Waals surface area contributed by atoms with Crippen molar-refractivity contribution in [1.82, 2.24) is 4.90 Å². The molecule has 2 heterocycles. The van der Waals surface area contributed by atoms with Gasteiger partial charge in [0.15, 0.2) is 0 Å². The van der Waals surface area contributed by atoms with Crippen molar-refractivity contribution in [3.8, 4) is 0 Å². The van der Waals surface area contributed by atoms with Crippen LogP contribution in [0.3, 0.4) is 0 Å². The Hall–Kier alpha value is -2.03. The number of carbonyl (C=O) groups is 3. The van der Waals surface area contributed by atoms with Gasteiger partial charge in [0, 0.05) is 16.2 Å². The monoisotopic (exact) mass is 454 g/mol. The van der Waals surface area contributed by atoms with Crippen LogP contribution in [0.5, 0.6) is 0 Å². The number of carbonyl (C=O) groups excluding carboxylic acids is 3. The Balaban J connectivity index is 1.68. The number of hydrogen-bond donors (Lipinski definition) is 1. The first-order valence-electron chi connectivity index (χ1n) is 7.40. The number of nitrogens with zero attached hydrogens (tertiary/aromatic N) is 1. The van der Waals surface area contributed by atoms with Crippen molar-refractivity contribution in [2.75, 3.05) is 11.9 Å². The van der Waals surface area contributed by atoms with Crippen molar-refractivity contribution in [1.29, 1.82) is 0 Å². The summed E-state index contributed by atoms with van der Waals surface area (Å²) in [5, 5.41) is 2.54. The van der Waals surface area contributed by atoms with E-state index in [1.54, 1.807) is 37.3 Å². The molecule has 0 bridgehead atoms. The van der Waals surface area contributed by atoms with Gasteiger partial charge in [-0.2, -0.15) is 0 Å². The fourth-order valence-electron chi connectivity index (χ4n) is 2.21. The number of benzene rings is 1. The normalized spacial score (nSPS) is 15.8. The summed E-state index contributed by atoms with van der Waals surface area (Å²) >= 11 is 10.0. The maximum Gasteiger partial charge on any atom is 0.294 e. The Kier molecular flexibility index (Phi) is 5.55. The average Bonchev–Trinajstić information content (AvgIpc) is 3.09. The van der Waals surface area contributed by atoms with Gasteiger partial charge in [-0.3, -0.25) is 19.3 Å². The van der Waals surface area contributed by atoms with E-state index in [0.717, 1.165) is 16.7 Å². The summed E-state index contributed by atoms with van der Waals surface area (Å²) in [4.78, 5) is 37.7. The lowest BCUT2D eigenvalue weighted by molar-refractivity contribution is -0.127. The van der Waals surface area contributed by atoms with E-state index in [4.69, 9.17) is 16.0 Å². The number of hydrogen-bond acceptors (Lipinski definition) is 5. The lowest BCUT2D eigenvalue weighted by atomic mass is 10.3. The van der Waals surface area contributed by atoms with Crippen LogP contribution in [0.25, 0.3) is 6.08 Å². The van der Waals surface area contributed by atoms with E-state index in [9.17, 15) is 14.4 Å². The molecule has 26 heavy (non-hydrogen) atoms. The smallest absolute Gasteiger partial charge is 0.294 e. The highest BCUT2D eigenvalue weighted by molar-refractivity contribution is 9.10. The summed E-state index contributed by atoms with van der Waals surface area (Å²) in [6.45, 7) is 1.40. The number of rotatable bonds is 4. The molecule has 1 aliphatic rings. The Morgan fingerprint density at radius 3 is 2.77 bits per heavy atom. The molecular formula is C17H12BrClN2O4S. The number of aryl methyl sites for hydroxylation is 1. The highest BCUT2D eigenvalue weighted by Gasteiger charge is 2.36. The third-order valence-electron chi connectivity index (χ3n) is 3.41. The highest BCUT2D eigenvalue weighted by atomic mass is 79.9. The molecule has 0 atom stereocenters. The maximum absolute atomic E-state index is 12.4. The first-order chi connectivity index (χ1) is 12.3. The minimum absolute atomic E-state index is 0.212. The fourth-order valence-corrected chi connectivity index (χ4v) is 3.46. The van der Waals surface area contributed by atoms with Crippen LogP contribution in [0.4, 0.5) is 10.5 Å². The van der Waals surface area contributed by atoms with Gasteiger partial charge >= 0.3 is 0 Å². The Morgan fingerprint density at radius 2 is 2.12 bits per heavy atom. The second-order valence-electron chi connectivity index (χ2n) is 5.39. The largest absolute Gasteiger partial charge is 0.462 e. The number of nitrogens with one attached hydrogen (secondary N) is 1. The lowest BCUT2D eigenvalue weighted by Crippen LogP contribution is -2.36. The molecule has 1 fully saturated rings. The number of furan rings is 1. The topological polar surface area (TPSA) is 79.6 Å². The van der Waals surface area contributed by atoms with Gasteiger partial charge in [0.25, 0.3) is 11.1 Å². The Bertz CT molecular complexity index is 941. The molecule has 0 spiro atoms. The van der Waals surface area contributed by atoms with Gasteiger partial charge in [-0.25, -0.2) is 0 Å². The van der Waals surface area contributed by atoms with Gasteiger partial charge in [-0.1, -0.05) is 11.6 Å². The van der Waals surface area contributed by atoms with Crippen LogP contribution >= 0.6 is 39.3 Å². The molecule has 3 rings (SSSR count). The molecule has 134 valence electrons. The molecule has 1 N–H and O–H groups in total. The molecule has 3 amide bonds. The fraction of sp³-hybridized carbons (Fsp3) is 0.118. The van der Waals surface area contributed by atoms with Crippen LogP contribution in [-0.4, -0.2) is 28.5 Å². The molecule has 1 aliphatic heterocycles. The van der Waals surface area contributed by atoms with Crippen molar-refractivity contribution in [2.45, 2.75) is 6.92 Å². The number of thioether (sulfide) groups is 1. The van der Waals surface area contributed by atoms with Crippen molar-refractivity contribution in [3.05, 3.63) is 56.3 Å². The molecule has 0 aliphatic carbocycles. The summed E-state index contributed by atoms with van der Waals surface area (Å²) in [7, 11) is 0. The van der Waals surface area contributed by atoms with Crippen molar-refractivity contribution in [3.63, 3.8) is 0 Å². The molecule has 9 heteroatoms. The van der Waals surface area contributed by atoms with E-state index in [1.165, 1.54) is 6.08 Å². The number of anilines is 1. The average molecular weight is 456 g/mol. The van der Waals surface area contributed by atoms with E-state index in [0.29, 0.717) is 26.7 Å². The number of halogens is 2. The van der Waals surface area contributed by atoms with Crippen LogP contribution in [-0.2, 0) is 9.59 Å². The van der Waals surface area contributed by atoms with Gasteiger partial charge in [0.05, 0.1) is 9.93 Å². The molecule has 0 saturated carbocycles. The number of imide groups is 1. The molecule has 0 unspecified atom stereocenters. The van der Waals surface area contributed by atoms with Gasteiger partial charge < -0.3 is 9.73 Å². The third kappa shape index (κ3) is 4.20. The predicted molar refractivity (Wildman–Crippen MR) is 104 cm³/mol.